The topological polar surface area (TPSA) is 35.5 Å². The van der Waals surface area contributed by atoms with Crippen molar-refractivity contribution in [2.45, 2.75) is 19.0 Å². The molecular weight excluding hydrogens is 416 g/mol. The molecule has 0 fully saturated rings. The van der Waals surface area contributed by atoms with E-state index in [2.05, 4.69) is 11.3 Å². The quantitative estimate of drug-likeness (QED) is 0.393. The second-order valence-corrected chi connectivity index (χ2v) is 6.20. The first-order valence-corrected chi connectivity index (χ1v) is 8.01. The maximum absolute atomic E-state index is 13.1. The first-order chi connectivity index (χ1) is 10.7. The van der Waals surface area contributed by atoms with Gasteiger partial charge < -0.3 is 0 Å². The van der Waals surface area contributed by atoms with E-state index in [9.17, 15) is 18.0 Å². The van der Waals surface area contributed by atoms with Gasteiger partial charge in [0.2, 0.25) is 0 Å². The van der Waals surface area contributed by atoms with Crippen molar-refractivity contribution in [3.8, 4) is 5.75 Å². The molecule has 1 aromatic rings. The number of esters is 1. The summed E-state index contributed by atoms with van der Waals surface area (Å²) in [5.74, 6) is -0.0835. The molecule has 0 amide bonds. The zero-order valence-electron chi connectivity index (χ0n) is 12.8. The van der Waals surface area contributed by atoms with E-state index in [4.69, 9.17) is 4.74 Å². The molecule has 0 aliphatic rings. The predicted octanol–water partition coefficient (Wildman–Crippen LogP) is 3.34. The van der Waals surface area contributed by atoms with Crippen LogP contribution in [0.25, 0.3) is 0 Å². The number of hydrogen-bond acceptors (Lipinski definition) is 3. The minimum absolute atomic E-state index is 0.000152. The first kappa shape index (κ1) is 19.6. The van der Waals surface area contributed by atoms with Crippen molar-refractivity contribution in [3.63, 3.8) is 0 Å². The Morgan fingerprint density at radius 1 is 1.22 bits per heavy atom. The number of alkyl halides is 3. The van der Waals surface area contributed by atoms with Crippen LogP contribution in [0.4, 0.5) is 13.2 Å². The average Bonchev–Trinajstić information content (AvgIpc) is 2.52. The Morgan fingerprint density at radius 3 is 2.22 bits per heavy atom. The van der Waals surface area contributed by atoms with Gasteiger partial charge in [-0.1, -0.05) is 0 Å². The molecule has 0 bridgehead atoms. The van der Waals surface area contributed by atoms with E-state index in [0.717, 1.165) is 0 Å². The van der Waals surface area contributed by atoms with Crippen LogP contribution >= 0.6 is 0 Å². The van der Waals surface area contributed by atoms with Gasteiger partial charge >= 0.3 is 146 Å². The maximum atomic E-state index is 13.1. The van der Waals surface area contributed by atoms with Crippen LogP contribution in [0.1, 0.15) is 12.0 Å². The molecule has 2 radical (unpaired) electrons. The van der Waals surface area contributed by atoms with E-state index in [-0.39, 0.29) is 46.5 Å². The molecule has 122 valence electrons. The van der Waals surface area contributed by atoms with Gasteiger partial charge in [-0.3, -0.25) is 0 Å². The van der Waals surface area contributed by atoms with Crippen molar-refractivity contribution in [3.05, 3.63) is 51.1 Å². The molecule has 0 saturated carbocycles. The Labute approximate surface area is 146 Å². The Bertz CT molecular complexity index is 604. The van der Waals surface area contributed by atoms with Crippen LogP contribution in [0.15, 0.2) is 45.6 Å². The van der Waals surface area contributed by atoms with E-state index < -0.39 is 15.7 Å². The molecule has 0 aliphatic heterocycles. The Morgan fingerprint density at radius 2 is 1.78 bits per heavy atom. The molecule has 1 rings (SSSR count). The van der Waals surface area contributed by atoms with Crippen LogP contribution in [0, 0.1) is 0 Å². The van der Waals surface area contributed by atoms with Gasteiger partial charge in [-0.05, 0) is 0 Å². The summed E-state index contributed by atoms with van der Waals surface area (Å²) < 4.78 is 48.1. The Kier molecular flexibility index (Phi) is 7.18. The predicted molar refractivity (Wildman–Crippen MR) is 81.3 cm³/mol. The second-order valence-electron chi connectivity index (χ2n) is 4.77. The van der Waals surface area contributed by atoms with Crippen molar-refractivity contribution in [1.82, 2.24) is 0 Å². The number of halogens is 3. The zero-order valence-corrected chi connectivity index (χ0v) is 15.6. The SMILES string of the molecule is C=C(C/C(Cc1ccc(OC)cc1)=[C](/[Sn+])C(F)(F)F)C(=O)OC. The van der Waals surface area contributed by atoms with Gasteiger partial charge in [0.25, 0.3) is 0 Å². The number of methoxy groups -OCH3 is 2. The number of allylic oxidation sites excluding steroid dienone is 2. The standard InChI is InChI=1S/C16H16F3O3.Sn/c1-11(15(20)22-3)8-13(10-16(17,18)19)9-12-4-6-14(21-2)7-5-12;/h4-7H,1,8-9H2,2-3H3;/q;+1. The fourth-order valence-corrected chi connectivity index (χ4v) is 2.41. The summed E-state index contributed by atoms with van der Waals surface area (Å²) >= 11 is 0.243. The fraction of sp³-hybridized carbons (Fsp3) is 0.312. The third kappa shape index (κ3) is 5.93. The number of ether oxygens (including phenoxy) is 2. The molecule has 0 spiro atoms. The van der Waals surface area contributed by atoms with Crippen LogP contribution in [0.3, 0.4) is 0 Å². The van der Waals surface area contributed by atoms with Crippen LogP contribution < -0.4 is 4.74 Å². The molecule has 0 N–H and O–H groups in total. The van der Waals surface area contributed by atoms with Crippen molar-refractivity contribution in [2.24, 2.45) is 0 Å². The van der Waals surface area contributed by atoms with Gasteiger partial charge in [0.1, 0.15) is 0 Å². The summed E-state index contributed by atoms with van der Waals surface area (Å²) in [6, 6.07) is 6.75. The number of carbonyl (C=O) groups excluding carboxylic acids is 1. The van der Waals surface area contributed by atoms with E-state index >= 15 is 0 Å². The molecule has 0 heterocycles. The van der Waals surface area contributed by atoms with Crippen molar-refractivity contribution >= 4 is 28.5 Å². The van der Waals surface area contributed by atoms with Crippen LogP contribution in [0.5, 0.6) is 5.75 Å². The van der Waals surface area contributed by atoms with E-state index in [0.29, 0.717) is 11.3 Å². The summed E-state index contributed by atoms with van der Waals surface area (Å²) in [6.45, 7) is 3.51. The second kappa shape index (κ2) is 8.42. The first-order valence-electron chi connectivity index (χ1n) is 6.58. The summed E-state index contributed by atoms with van der Waals surface area (Å²) in [7, 11) is 2.68. The number of benzene rings is 1. The van der Waals surface area contributed by atoms with Crippen molar-refractivity contribution in [1.29, 1.82) is 0 Å². The summed E-state index contributed by atoms with van der Waals surface area (Å²) in [6.07, 6.45) is -4.50. The number of carbonyl (C=O) groups is 1. The van der Waals surface area contributed by atoms with Crippen LogP contribution in [-0.4, -0.2) is 48.9 Å². The monoisotopic (exact) mass is 433 g/mol. The third-order valence-corrected chi connectivity index (χ3v) is 4.93. The van der Waals surface area contributed by atoms with Gasteiger partial charge in [-0.2, -0.15) is 0 Å². The Balaban J connectivity index is 3.09. The summed E-state index contributed by atoms with van der Waals surface area (Å²) in [5, 5.41) is 0. The fourth-order valence-electron chi connectivity index (χ4n) is 1.90. The van der Waals surface area contributed by atoms with Crippen LogP contribution in [0.2, 0.25) is 0 Å². The molecule has 0 saturated heterocycles. The molecule has 1 aromatic carbocycles. The van der Waals surface area contributed by atoms with Gasteiger partial charge in [-0.25, -0.2) is 0 Å². The van der Waals surface area contributed by atoms with Crippen molar-refractivity contribution < 1.29 is 27.4 Å². The number of hydrogen-bond donors (Lipinski definition) is 0. The molecular formula is C16H16F3O3Sn+. The normalized spacial score (nSPS) is 12.4. The minimum atomic E-state index is -4.42. The molecule has 0 unspecified atom stereocenters. The summed E-state index contributed by atoms with van der Waals surface area (Å²) in [4.78, 5) is 11.4. The number of rotatable bonds is 6. The molecule has 3 nitrogen and oxygen atoms in total. The average molecular weight is 432 g/mol. The van der Waals surface area contributed by atoms with Crippen LogP contribution in [-0.2, 0) is 16.0 Å². The molecule has 0 aliphatic carbocycles. The molecule has 0 aromatic heterocycles. The Hall–Kier alpha value is -1.44. The van der Waals surface area contributed by atoms with Gasteiger partial charge in [0, 0.05) is 0 Å². The molecule has 0 atom stereocenters. The molecule has 7 heteroatoms. The van der Waals surface area contributed by atoms with E-state index in [1.54, 1.807) is 24.3 Å². The van der Waals surface area contributed by atoms with Gasteiger partial charge in [0.05, 0.1) is 0 Å². The zero-order chi connectivity index (χ0) is 17.6. The van der Waals surface area contributed by atoms with Gasteiger partial charge in [-0.15, -0.1) is 0 Å². The third-order valence-electron chi connectivity index (χ3n) is 3.11. The van der Waals surface area contributed by atoms with E-state index in [1.807, 2.05) is 0 Å². The van der Waals surface area contributed by atoms with E-state index in [1.165, 1.54) is 14.2 Å². The summed E-state index contributed by atoms with van der Waals surface area (Å²) in [5.41, 5.74) is 0.819. The molecule has 23 heavy (non-hydrogen) atoms. The van der Waals surface area contributed by atoms with Crippen molar-refractivity contribution in [2.75, 3.05) is 14.2 Å². The van der Waals surface area contributed by atoms with Gasteiger partial charge in [0.15, 0.2) is 0 Å².